The standard InChI is InChI=1S/C6H12N2OS/c9-3-2-7-8-6-1-4-10-5-6/h7,9H,1-5H2/b8-6+. The predicted octanol–water partition coefficient (Wildman–Crippen LogP) is 0.0612. The number of hydrazone groups is 1. The van der Waals surface area contributed by atoms with Gasteiger partial charge in [-0.25, -0.2) is 0 Å². The van der Waals surface area contributed by atoms with Crippen molar-refractivity contribution < 1.29 is 5.11 Å². The van der Waals surface area contributed by atoms with Crippen molar-refractivity contribution in [2.75, 3.05) is 24.7 Å². The van der Waals surface area contributed by atoms with E-state index >= 15 is 0 Å². The van der Waals surface area contributed by atoms with Crippen LogP contribution in [0.1, 0.15) is 6.42 Å². The van der Waals surface area contributed by atoms with E-state index in [-0.39, 0.29) is 6.61 Å². The van der Waals surface area contributed by atoms with Gasteiger partial charge in [-0.3, -0.25) is 0 Å². The van der Waals surface area contributed by atoms with Crippen molar-refractivity contribution in [2.45, 2.75) is 6.42 Å². The first-order valence-electron chi connectivity index (χ1n) is 3.40. The summed E-state index contributed by atoms with van der Waals surface area (Å²) >= 11 is 1.91. The molecule has 58 valence electrons. The molecular formula is C6H12N2OS. The molecule has 2 N–H and O–H groups in total. The molecule has 0 amide bonds. The van der Waals surface area contributed by atoms with Crippen molar-refractivity contribution in [2.24, 2.45) is 5.10 Å². The summed E-state index contributed by atoms with van der Waals surface area (Å²) in [4.78, 5) is 0. The Labute approximate surface area is 64.9 Å². The van der Waals surface area contributed by atoms with Gasteiger partial charge in [-0.15, -0.1) is 0 Å². The van der Waals surface area contributed by atoms with E-state index in [2.05, 4.69) is 10.5 Å². The fourth-order valence-corrected chi connectivity index (χ4v) is 1.73. The molecule has 1 aliphatic heterocycles. The maximum absolute atomic E-state index is 8.40. The molecule has 1 fully saturated rings. The molecule has 0 saturated carbocycles. The van der Waals surface area contributed by atoms with Gasteiger partial charge in [-0.1, -0.05) is 0 Å². The molecule has 0 aromatic carbocycles. The molecule has 3 nitrogen and oxygen atoms in total. The van der Waals surface area contributed by atoms with Crippen LogP contribution >= 0.6 is 11.8 Å². The second kappa shape index (κ2) is 4.57. The van der Waals surface area contributed by atoms with Crippen LogP contribution in [0.15, 0.2) is 5.10 Å². The third kappa shape index (κ3) is 2.58. The lowest BCUT2D eigenvalue weighted by Crippen LogP contribution is -2.14. The highest BCUT2D eigenvalue weighted by atomic mass is 32.2. The van der Waals surface area contributed by atoms with E-state index in [0.29, 0.717) is 6.54 Å². The van der Waals surface area contributed by atoms with Crippen molar-refractivity contribution in [3.8, 4) is 0 Å². The SMILES string of the molecule is OCCN/N=C1\CCSC1. The van der Waals surface area contributed by atoms with Crippen molar-refractivity contribution >= 4 is 17.5 Å². The molecule has 0 aliphatic carbocycles. The third-order valence-corrected chi connectivity index (χ3v) is 2.29. The topological polar surface area (TPSA) is 44.6 Å². The summed E-state index contributed by atoms with van der Waals surface area (Å²) in [6.45, 7) is 0.720. The Balaban J connectivity index is 2.12. The lowest BCUT2D eigenvalue weighted by atomic mass is 10.3. The number of nitrogens with one attached hydrogen (secondary N) is 1. The molecule has 0 atom stereocenters. The number of nitrogens with zero attached hydrogens (tertiary/aromatic N) is 1. The van der Waals surface area contributed by atoms with E-state index in [1.54, 1.807) is 0 Å². The minimum atomic E-state index is 0.157. The molecule has 4 heteroatoms. The van der Waals surface area contributed by atoms with Gasteiger partial charge in [0, 0.05) is 11.5 Å². The van der Waals surface area contributed by atoms with Crippen molar-refractivity contribution in [3.05, 3.63) is 0 Å². The number of hydrogen-bond donors (Lipinski definition) is 2. The van der Waals surface area contributed by atoms with Crippen LogP contribution in [-0.2, 0) is 0 Å². The summed E-state index contributed by atoms with van der Waals surface area (Å²) in [5, 5.41) is 12.5. The largest absolute Gasteiger partial charge is 0.394 e. The Bertz CT molecular complexity index is 119. The van der Waals surface area contributed by atoms with Crippen LogP contribution in [0.3, 0.4) is 0 Å². The van der Waals surface area contributed by atoms with Gasteiger partial charge < -0.3 is 10.5 Å². The van der Waals surface area contributed by atoms with Crippen LogP contribution in [0.2, 0.25) is 0 Å². The van der Waals surface area contributed by atoms with E-state index in [0.717, 1.165) is 12.2 Å². The zero-order chi connectivity index (χ0) is 7.23. The Morgan fingerprint density at radius 1 is 1.70 bits per heavy atom. The van der Waals surface area contributed by atoms with Gasteiger partial charge in [0.15, 0.2) is 0 Å². The molecule has 0 aromatic rings. The summed E-state index contributed by atoms with van der Waals surface area (Å²) in [7, 11) is 0. The maximum atomic E-state index is 8.40. The molecule has 10 heavy (non-hydrogen) atoms. The van der Waals surface area contributed by atoms with E-state index in [4.69, 9.17) is 5.11 Å². The average molecular weight is 160 g/mol. The van der Waals surface area contributed by atoms with Crippen LogP contribution in [0.5, 0.6) is 0 Å². The number of hydrogen-bond acceptors (Lipinski definition) is 4. The zero-order valence-corrected chi connectivity index (χ0v) is 6.65. The van der Waals surface area contributed by atoms with E-state index in [1.165, 1.54) is 11.5 Å². The van der Waals surface area contributed by atoms with Crippen LogP contribution in [0.4, 0.5) is 0 Å². The summed E-state index contributed by atoms with van der Waals surface area (Å²) in [5.74, 6) is 2.25. The Morgan fingerprint density at radius 3 is 3.20 bits per heavy atom. The Hall–Kier alpha value is -0.220. The summed E-state index contributed by atoms with van der Waals surface area (Å²) in [6, 6.07) is 0. The number of thioether (sulfide) groups is 1. The zero-order valence-electron chi connectivity index (χ0n) is 5.84. The summed E-state index contributed by atoms with van der Waals surface area (Å²) in [6.07, 6.45) is 1.10. The maximum Gasteiger partial charge on any atom is 0.0620 e. The van der Waals surface area contributed by atoms with Gasteiger partial charge in [0.25, 0.3) is 0 Å². The molecule has 0 bridgehead atoms. The summed E-state index contributed by atoms with van der Waals surface area (Å²) in [5.41, 5.74) is 4.02. The molecule has 0 aromatic heterocycles. The van der Waals surface area contributed by atoms with Crippen molar-refractivity contribution in [1.29, 1.82) is 0 Å². The van der Waals surface area contributed by atoms with Gasteiger partial charge in [0.2, 0.25) is 0 Å². The number of aliphatic hydroxyl groups is 1. The van der Waals surface area contributed by atoms with Crippen molar-refractivity contribution in [1.82, 2.24) is 5.43 Å². The highest BCUT2D eigenvalue weighted by Crippen LogP contribution is 2.13. The molecule has 0 radical (unpaired) electrons. The molecule has 1 saturated heterocycles. The highest BCUT2D eigenvalue weighted by molar-refractivity contribution is 8.00. The monoisotopic (exact) mass is 160 g/mol. The molecule has 1 heterocycles. The normalized spacial score (nSPS) is 21.9. The lowest BCUT2D eigenvalue weighted by Gasteiger charge is -1.96. The van der Waals surface area contributed by atoms with Gasteiger partial charge in [0.1, 0.15) is 0 Å². The first kappa shape index (κ1) is 7.88. The predicted molar refractivity (Wildman–Crippen MR) is 44.5 cm³/mol. The second-order valence-electron chi connectivity index (χ2n) is 2.11. The molecule has 1 rings (SSSR count). The fourth-order valence-electron chi connectivity index (χ4n) is 0.758. The molecule has 1 aliphatic rings. The van der Waals surface area contributed by atoms with E-state index in [9.17, 15) is 0 Å². The molecular weight excluding hydrogens is 148 g/mol. The Morgan fingerprint density at radius 2 is 2.60 bits per heavy atom. The highest BCUT2D eigenvalue weighted by Gasteiger charge is 2.07. The van der Waals surface area contributed by atoms with Crippen LogP contribution in [0.25, 0.3) is 0 Å². The second-order valence-corrected chi connectivity index (χ2v) is 3.22. The number of rotatable bonds is 3. The van der Waals surface area contributed by atoms with Gasteiger partial charge in [-0.2, -0.15) is 16.9 Å². The number of aliphatic hydroxyl groups excluding tert-OH is 1. The quantitative estimate of drug-likeness (QED) is 0.453. The first-order valence-corrected chi connectivity index (χ1v) is 4.56. The first-order chi connectivity index (χ1) is 4.93. The van der Waals surface area contributed by atoms with E-state index in [1.807, 2.05) is 11.8 Å². The molecule has 0 spiro atoms. The average Bonchev–Trinajstić information content (AvgIpc) is 2.41. The lowest BCUT2D eigenvalue weighted by molar-refractivity contribution is 0.293. The smallest absolute Gasteiger partial charge is 0.0620 e. The molecule has 0 unspecified atom stereocenters. The van der Waals surface area contributed by atoms with Gasteiger partial charge in [0.05, 0.1) is 13.2 Å². The Kier molecular flexibility index (Phi) is 3.60. The van der Waals surface area contributed by atoms with Gasteiger partial charge in [-0.05, 0) is 12.2 Å². The summed E-state index contributed by atoms with van der Waals surface area (Å²) < 4.78 is 0. The fraction of sp³-hybridized carbons (Fsp3) is 0.833. The minimum absolute atomic E-state index is 0.157. The van der Waals surface area contributed by atoms with Crippen LogP contribution in [-0.4, -0.2) is 35.5 Å². The minimum Gasteiger partial charge on any atom is -0.394 e. The van der Waals surface area contributed by atoms with Crippen molar-refractivity contribution in [3.63, 3.8) is 0 Å². The van der Waals surface area contributed by atoms with Crippen LogP contribution < -0.4 is 5.43 Å². The van der Waals surface area contributed by atoms with Gasteiger partial charge >= 0.3 is 0 Å². The van der Waals surface area contributed by atoms with Crippen LogP contribution in [0, 0.1) is 0 Å². The third-order valence-electron chi connectivity index (χ3n) is 1.26. The van der Waals surface area contributed by atoms with E-state index < -0.39 is 0 Å².